The number of amides is 4. The second-order valence-electron chi connectivity index (χ2n) is 11.3. The number of nitrogens with two attached hydrogens (primary N) is 1. The van der Waals surface area contributed by atoms with Gasteiger partial charge in [-0.25, -0.2) is 9.59 Å². The lowest BCUT2D eigenvalue weighted by Crippen LogP contribution is -2.52. The van der Waals surface area contributed by atoms with Crippen molar-refractivity contribution in [3.8, 4) is 12.3 Å². The number of benzene rings is 1. The molecular formula is C30H37ClN6O4S. The lowest BCUT2D eigenvalue weighted by molar-refractivity contribution is -0.142. The van der Waals surface area contributed by atoms with Gasteiger partial charge in [0.05, 0.1) is 17.3 Å². The SMILES string of the molecule is C#Cc1cc(C[C@@H](OC(=O)N2CCC(N3Cc4ccsc4NC3=O)CC2)C(=O)N2CCC(N(C)C)CC2)cc(Cl)c1N. The quantitative estimate of drug-likeness (QED) is 0.376. The Bertz CT molecular complexity index is 1370. The van der Waals surface area contributed by atoms with E-state index in [9.17, 15) is 14.4 Å². The molecule has 5 rings (SSSR count). The third-order valence-corrected chi connectivity index (χ3v) is 9.71. The van der Waals surface area contributed by atoms with E-state index in [-0.39, 0.29) is 24.4 Å². The van der Waals surface area contributed by atoms with Crippen molar-refractivity contribution in [2.75, 3.05) is 51.3 Å². The number of carbonyl (C=O) groups excluding carboxylic acids is 3. The summed E-state index contributed by atoms with van der Waals surface area (Å²) in [6, 6.07) is 5.71. The van der Waals surface area contributed by atoms with Crippen LogP contribution < -0.4 is 11.1 Å². The number of likely N-dealkylation sites (tertiary alicyclic amines) is 2. The molecule has 224 valence electrons. The van der Waals surface area contributed by atoms with Crippen molar-refractivity contribution < 1.29 is 19.1 Å². The molecule has 1 atom stereocenters. The number of piperidine rings is 2. The van der Waals surface area contributed by atoms with Gasteiger partial charge in [-0.1, -0.05) is 17.5 Å². The van der Waals surface area contributed by atoms with E-state index in [1.54, 1.807) is 21.9 Å². The molecule has 0 radical (unpaired) electrons. The van der Waals surface area contributed by atoms with Crippen LogP contribution in [0.4, 0.5) is 20.3 Å². The van der Waals surface area contributed by atoms with Crippen LogP contribution in [0.1, 0.15) is 42.4 Å². The molecule has 0 bridgehead atoms. The number of hydrogen-bond donors (Lipinski definition) is 2. The Kier molecular flexibility index (Phi) is 9.16. The molecule has 42 heavy (non-hydrogen) atoms. The molecule has 3 aliphatic heterocycles. The number of carbonyl (C=O) groups is 3. The van der Waals surface area contributed by atoms with E-state index in [0.29, 0.717) is 73.4 Å². The number of anilines is 2. The fourth-order valence-corrected chi connectivity index (χ4v) is 7.00. The third-order valence-electron chi connectivity index (χ3n) is 8.52. The van der Waals surface area contributed by atoms with Crippen LogP contribution in [-0.2, 0) is 22.5 Å². The highest BCUT2D eigenvalue weighted by atomic mass is 35.5. The molecule has 12 heteroatoms. The van der Waals surface area contributed by atoms with Crippen molar-refractivity contribution >= 4 is 51.7 Å². The zero-order chi connectivity index (χ0) is 30.0. The second kappa shape index (κ2) is 12.8. The van der Waals surface area contributed by atoms with Gasteiger partial charge in [0, 0.05) is 55.8 Å². The molecule has 0 spiro atoms. The van der Waals surface area contributed by atoms with Crippen LogP contribution >= 0.6 is 22.9 Å². The van der Waals surface area contributed by atoms with Crippen molar-refractivity contribution in [3.63, 3.8) is 0 Å². The van der Waals surface area contributed by atoms with Gasteiger partial charge in [0.1, 0.15) is 5.00 Å². The lowest BCUT2D eigenvalue weighted by Gasteiger charge is -2.40. The zero-order valence-electron chi connectivity index (χ0n) is 24.0. The molecule has 1 aromatic carbocycles. The maximum absolute atomic E-state index is 13.7. The smallest absolute Gasteiger partial charge is 0.410 e. The molecule has 10 nitrogen and oxygen atoms in total. The number of fused-ring (bicyclic) bond motifs is 1. The molecule has 0 saturated carbocycles. The molecule has 0 aliphatic carbocycles. The van der Waals surface area contributed by atoms with Crippen LogP contribution in [0.2, 0.25) is 5.02 Å². The van der Waals surface area contributed by atoms with Gasteiger partial charge in [0.15, 0.2) is 6.10 Å². The number of thiophene rings is 1. The summed E-state index contributed by atoms with van der Waals surface area (Å²) < 4.78 is 5.93. The number of terminal acetylenes is 1. The van der Waals surface area contributed by atoms with Crippen molar-refractivity contribution in [1.29, 1.82) is 0 Å². The number of hydrogen-bond acceptors (Lipinski definition) is 7. The first kappa shape index (κ1) is 30.0. The molecule has 4 amide bonds. The highest BCUT2D eigenvalue weighted by molar-refractivity contribution is 7.14. The molecule has 0 unspecified atom stereocenters. The summed E-state index contributed by atoms with van der Waals surface area (Å²) in [6.45, 7) is 2.58. The first-order valence-electron chi connectivity index (χ1n) is 14.2. The number of ether oxygens (including phenoxy) is 1. The van der Waals surface area contributed by atoms with E-state index in [1.807, 2.05) is 30.4 Å². The molecule has 4 heterocycles. The zero-order valence-corrected chi connectivity index (χ0v) is 25.5. The van der Waals surface area contributed by atoms with Gasteiger partial charge in [0.25, 0.3) is 5.91 Å². The Morgan fingerprint density at radius 2 is 1.88 bits per heavy atom. The van der Waals surface area contributed by atoms with Gasteiger partial charge in [-0.15, -0.1) is 17.8 Å². The van der Waals surface area contributed by atoms with Crippen LogP contribution in [0, 0.1) is 12.3 Å². The summed E-state index contributed by atoms with van der Waals surface area (Å²) in [5.74, 6) is 2.30. The average Bonchev–Trinajstić information content (AvgIpc) is 3.45. The fraction of sp³-hybridized carbons (Fsp3) is 0.500. The molecule has 2 saturated heterocycles. The average molecular weight is 613 g/mol. The predicted octanol–water partition coefficient (Wildman–Crippen LogP) is 4.08. The molecule has 3 N–H and O–H groups in total. The van der Waals surface area contributed by atoms with Gasteiger partial charge >= 0.3 is 12.1 Å². The van der Waals surface area contributed by atoms with Crippen LogP contribution in [0.25, 0.3) is 0 Å². The predicted molar refractivity (Wildman–Crippen MR) is 165 cm³/mol. The highest BCUT2D eigenvalue weighted by Crippen LogP contribution is 2.32. The van der Waals surface area contributed by atoms with Crippen molar-refractivity contribution in [2.24, 2.45) is 0 Å². The Balaban J connectivity index is 1.25. The van der Waals surface area contributed by atoms with Gasteiger partial charge in [-0.3, -0.25) is 10.1 Å². The Hall–Kier alpha value is -3.46. The number of rotatable bonds is 6. The normalized spacial score (nSPS) is 18.8. The number of nitrogen functional groups attached to an aromatic ring is 1. The molecule has 2 aromatic rings. The Labute approximate surface area is 255 Å². The number of nitrogens with one attached hydrogen (secondary N) is 1. The number of halogens is 1. The van der Waals surface area contributed by atoms with Crippen LogP contribution in [-0.4, -0.2) is 96.1 Å². The van der Waals surface area contributed by atoms with E-state index < -0.39 is 12.2 Å². The maximum Gasteiger partial charge on any atom is 0.410 e. The van der Waals surface area contributed by atoms with Gasteiger partial charge < -0.3 is 30.1 Å². The number of nitrogens with zero attached hydrogens (tertiary/aromatic N) is 4. The van der Waals surface area contributed by atoms with Crippen LogP contribution in [0.5, 0.6) is 0 Å². The maximum atomic E-state index is 13.7. The van der Waals surface area contributed by atoms with Crippen LogP contribution in [0.3, 0.4) is 0 Å². The topological polar surface area (TPSA) is 111 Å². The molecule has 3 aliphatic rings. The van der Waals surface area contributed by atoms with Crippen molar-refractivity contribution in [3.05, 3.63) is 45.3 Å². The monoisotopic (exact) mass is 612 g/mol. The minimum absolute atomic E-state index is 0.0108. The summed E-state index contributed by atoms with van der Waals surface area (Å²) in [7, 11) is 4.09. The minimum Gasteiger partial charge on any atom is -0.436 e. The van der Waals surface area contributed by atoms with Gasteiger partial charge in [-0.2, -0.15) is 0 Å². The lowest BCUT2D eigenvalue weighted by atomic mass is 10.0. The highest BCUT2D eigenvalue weighted by Gasteiger charge is 2.36. The summed E-state index contributed by atoms with van der Waals surface area (Å²) in [6.07, 6.45) is 7.09. The number of urea groups is 1. The van der Waals surface area contributed by atoms with E-state index in [2.05, 4.69) is 16.1 Å². The van der Waals surface area contributed by atoms with Gasteiger partial charge in [-0.05, 0) is 68.9 Å². The largest absolute Gasteiger partial charge is 0.436 e. The van der Waals surface area contributed by atoms with Gasteiger partial charge in [0.2, 0.25) is 0 Å². The first-order valence-corrected chi connectivity index (χ1v) is 15.5. The standard InChI is InChI=1S/C30H37ClN6O4S/c1-4-20-15-19(16-24(31)26(20)32)17-25(28(38)35-10-5-22(6-11-35)34(2)3)41-30(40)36-12-7-23(8-13-36)37-18-21-9-14-42-27(21)33-29(37)39/h1,9,14-16,22-23,25H,5-8,10-13,17-18,32H2,2-3H3,(H,33,39)/t25-/m1/s1. The molecule has 2 fully saturated rings. The second-order valence-corrected chi connectivity index (χ2v) is 12.7. The van der Waals surface area contributed by atoms with E-state index in [0.717, 1.165) is 23.4 Å². The Morgan fingerprint density at radius 1 is 1.19 bits per heavy atom. The summed E-state index contributed by atoms with van der Waals surface area (Å²) in [5, 5.41) is 6.13. The molecule has 1 aromatic heterocycles. The van der Waals surface area contributed by atoms with E-state index >= 15 is 0 Å². The van der Waals surface area contributed by atoms with E-state index in [1.165, 1.54) is 11.3 Å². The Morgan fingerprint density at radius 3 is 2.55 bits per heavy atom. The minimum atomic E-state index is -1.04. The fourth-order valence-electron chi connectivity index (χ4n) is 5.96. The summed E-state index contributed by atoms with van der Waals surface area (Å²) in [4.78, 5) is 47.3. The summed E-state index contributed by atoms with van der Waals surface area (Å²) >= 11 is 7.84. The molecular weight excluding hydrogens is 576 g/mol. The van der Waals surface area contributed by atoms with Crippen LogP contribution in [0.15, 0.2) is 23.6 Å². The van der Waals surface area contributed by atoms with Crippen molar-refractivity contribution in [2.45, 2.75) is 56.8 Å². The summed E-state index contributed by atoms with van der Waals surface area (Å²) in [5.41, 5.74) is 8.50. The van der Waals surface area contributed by atoms with E-state index in [4.69, 9.17) is 28.5 Å². The van der Waals surface area contributed by atoms with Crippen molar-refractivity contribution in [1.82, 2.24) is 19.6 Å². The first-order chi connectivity index (χ1) is 20.1. The third kappa shape index (κ3) is 6.46.